The maximum Gasteiger partial charge on any atom is 0.247 e. The summed E-state index contributed by atoms with van der Waals surface area (Å²) in [5.41, 5.74) is 5.67. The van der Waals surface area contributed by atoms with Crippen LogP contribution in [-0.4, -0.2) is 27.4 Å². The molecule has 6 nitrogen and oxygen atoms in total. The highest BCUT2D eigenvalue weighted by atomic mass is 16.1. The average molecular weight is 409 g/mol. The minimum Gasteiger partial charge on any atom is -0.370 e. The molecule has 1 aliphatic carbocycles. The molecule has 3 aromatic heterocycles. The van der Waals surface area contributed by atoms with Crippen molar-refractivity contribution in [2.75, 3.05) is 17.2 Å². The molecule has 6 heteroatoms. The van der Waals surface area contributed by atoms with Crippen molar-refractivity contribution in [1.29, 1.82) is 0 Å². The zero-order valence-electron chi connectivity index (χ0n) is 17.1. The molecular formula is C25H23N5O. The van der Waals surface area contributed by atoms with Crippen LogP contribution in [0.2, 0.25) is 0 Å². The van der Waals surface area contributed by atoms with E-state index >= 15 is 0 Å². The average Bonchev–Trinajstić information content (AvgIpc) is 3.54. The molecule has 1 aliphatic rings. The molecule has 1 aromatic carbocycles. The van der Waals surface area contributed by atoms with E-state index in [0.29, 0.717) is 0 Å². The van der Waals surface area contributed by atoms with Crippen molar-refractivity contribution < 1.29 is 4.79 Å². The Balaban J connectivity index is 1.48. The molecule has 1 amide bonds. The second-order valence-electron chi connectivity index (χ2n) is 7.85. The van der Waals surface area contributed by atoms with Crippen molar-refractivity contribution in [3.8, 4) is 22.3 Å². The fraction of sp³-hybridized carbons (Fsp3) is 0.160. The third-order valence-electron chi connectivity index (χ3n) is 5.52. The van der Waals surface area contributed by atoms with Gasteiger partial charge in [-0.3, -0.25) is 4.79 Å². The van der Waals surface area contributed by atoms with Crippen LogP contribution in [0.15, 0.2) is 73.7 Å². The van der Waals surface area contributed by atoms with Gasteiger partial charge in [0.25, 0.3) is 0 Å². The van der Waals surface area contributed by atoms with E-state index in [1.165, 1.54) is 18.9 Å². The minimum absolute atomic E-state index is 0.234. The molecule has 1 saturated carbocycles. The number of H-pyrrole nitrogens is 1. The van der Waals surface area contributed by atoms with Crippen molar-refractivity contribution in [2.24, 2.45) is 5.92 Å². The molecule has 0 spiro atoms. The van der Waals surface area contributed by atoms with Crippen LogP contribution in [-0.2, 0) is 4.79 Å². The molecule has 5 rings (SSSR count). The second-order valence-corrected chi connectivity index (χ2v) is 7.85. The number of aromatic amines is 1. The summed E-state index contributed by atoms with van der Waals surface area (Å²) in [4.78, 5) is 24.0. The molecule has 3 heterocycles. The Morgan fingerprint density at radius 3 is 2.87 bits per heavy atom. The van der Waals surface area contributed by atoms with Crippen molar-refractivity contribution in [2.45, 2.75) is 12.8 Å². The first-order valence-electron chi connectivity index (χ1n) is 10.4. The van der Waals surface area contributed by atoms with Crippen LogP contribution in [0, 0.1) is 5.92 Å². The Labute approximate surface area is 180 Å². The SMILES string of the molecule is C=CC(=O)Nc1cccc(-c2cnc3[nH]cc(-c4ccnc(NCC5CC5)c4)c3c2)c1. The second kappa shape index (κ2) is 8.07. The van der Waals surface area contributed by atoms with Gasteiger partial charge in [-0.15, -0.1) is 0 Å². The molecule has 31 heavy (non-hydrogen) atoms. The number of amides is 1. The number of hydrogen-bond acceptors (Lipinski definition) is 4. The smallest absolute Gasteiger partial charge is 0.247 e. The van der Waals surface area contributed by atoms with Gasteiger partial charge in [-0.05, 0) is 66.3 Å². The molecule has 0 aliphatic heterocycles. The molecular weight excluding hydrogens is 386 g/mol. The van der Waals surface area contributed by atoms with Gasteiger partial charge < -0.3 is 15.6 Å². The van der Waals surface area contributed by atoms with Crippen molar-refractivity contribution in [1.82, 2.24) is 15.0 Å². The lowest BCUT2D eigenvalue weighted by Crippen LogP contribution is -2.06. The van der Waals surface area contributed by atoms with Crippen LogP contribution in [0.25, 0.3) is 33.3 Å². The zero-order valence-corrected chi connectivity index (χ0v) is 17.1. The van der Waals surface area contributed by atoms with Crippen molar-refractivity contribution in [3.05, 3.63) is 73.7 Å². The number of fused-ring (bicyclic) bond motifs is 1. The normalized spacial score (nSPS) is 13.2. The lowest BCUT2D eigenvalue weighted by molar-refractivity contribution is -0.111. The zero-order chi connectivity index (χ0) is 21.2. The van der Waals surface area contributed by atoms with E-state index in [4.69, 9.17) is 0 Å². The van der Waals surface area contributed by atoms with Crippen LogP contribution in [0.3, 0.4) is 0 Å². The van der Waals surface area contributed by atoms with Gasteiger partial charge in [-0.2, -0.15) is 0 Å². The maximum absolute atomic E-state index is 11.6. The molecule has 0 atom stereocenters. The Morgan fingerprint density at radius 1 is 1.13 bits per heavy atom. The maximum atomic E-state index is 11.6. The van der Waals surface area contributed by atoms with Crippen molar-refractivity contribution in [3.63, 3.8) is 0 Å². The predicted molar refractivity (Wildman–Crippen MR) is 125 cm³/mol. The van der Waals surface area contributed by atoms with Gasteiger partial charge in [0.1, 0.15) is 11.5 Å². The number of anilines is 2. The summed E-state index contributed by atoms with van der Waals surface area (Å²) in [6.45, 7) is 4.48. The largest absolute Gasteiger partial charge is 0.370 e. The summed E-state index contributed by atoms with van der Waals surface area (Å²) in [7, 11) is 0. The van der Waals surface area contributed by atoms with Gasteiger partial charge in [0.15, 0.2) is 0 Å². The van der Waals surface area contributed by atoms with E-state index in [2.05, 4.69) is 44.3 Å². The van der Waals surface area contributed by atoms with Crippen LogP contribution >= 0.6 is 0 Å². The number of rotatable bonds is 7. The Bertz CT molecular complexity index is 1270. The van der Waals surface area contributed by atoms with E-state index in [1.54, 1.807) is 0 Å². The van der Waals surface area contributed by atoms with E-state index in [0.717, 1.165) is 57.3 Å². The van der Waals surface area contributed by atoms with Crippen LogP contribution in [0.1, 0.15) is 12.8 Å². The fourth-order valence-electron chi connectivity index (χ4n) is 3.64. The summed E-state index contributed by atoms with van der Waals surface area (Å²) < 4.78 is 0. The molecule has 0 bridgehead atoms. The molecule has 1 fully saturated rings. The van der Waals surface area contributed by atoms with Gasteiger partial charge in [-0.1, -0.05) is 18.7 Å². The molecule has 154 valence electrons. The van der Waals surface area contributed by atoms with E-state index in [1.807, 2.05) is 48.9 Å². The Hall–Kier alpha value is -3.93. The van der Waals surface area contributed by atoms with Gasteiger partial charge >= 0.3 is 0 Å². The molecule has 0 saturated heterocycles. The summed E-state index contributed by atoms with van der Waals surface area (Å²) in [6.07, 6.45) is 9.54. The predicted octanol–water partition coefficient (Wildman–Crippen LogP) is 5.24. The Kier molecular flexibility index (Phi) is 4.96. The highest BCUT2D eigenvalue weighted by Crippen LogP contribution is 2.33. The Morgan fingerprint density at radius 2 is 2.03 bits per heavy atom. The minimum atomic E-state index is -0.234. The van der Waals surface area contributed by atoms with E-state index in [9.17, 15) is 4.79 Å². The third-order valence-corrected chi connectivity index (χ3v) is 5.52. The van der Waals surface area contributed by atoms with Gasteiger partial charge in [0.05, 0.1) is 0 Å². The number of carbonyl (C=O) groups is 1. The fourth-order valence-corrected chi connectivity index (χ4v) is 3.64. The number of carbonyl (C=O) groups excluding carboxylic acids is 1. The standard InChI is InChI=1S/C25H23N5O/c1-2-24(31)30-20-5-3-4-17(10-20)19-11-21-22(15-29-25(21)28-14-19)18-8-9-26-23(12-18)27-13-16-6-7-16/h2-5,8-12,14-16H,1,6-7,13H2,(H,26,27)(H,28,29)(H,30,31). The van der Waals surface area contributed by atoms with Crippen LogP contribution < -0.4 is 10.6 Å². The van der Waals surface area contributed by atoms with Gasteiger partial charge in [0, 0.05) is 47.3 Å². The summed E-state index contributed by atoms with van der Waals surface area (Å²) >= 11 is 0. The molecule has 0 radical (unpaired) electrons. The van der Waals surface area contributed by atoms with Crippen molar-refractivity contribution >= 4 is 28.4 Å². The number of benzene rings is 1. The lowest BCUT2D eigenvalue weighted by atomic mass is 10.0. The highest BCUT2D eigenvalue weighted by Gasteiger charge is 2.20. The number of aromatic nitrogens is 3. The summed E-state index contributed by atoms with van der Waals surface area (Å²) in [6, 6.07) is 13.9. The number of nitrogens with zero attached hydrogens (tertiary/aromatic N) is 2. The topological polar surface area (TPSA) is 82.7 Å². The first-order chi connectivity index (χ1) is 15.2. The number of hydrogen-bond donors (Lipinski definition) is 3. The quantitative estimate of drug-likeness (QED) is 0.365. The van der Waals surface area contributed by atoms with Crippen LogP contribution in [0.5, 0.6) is 0 Å². The molecule has 0 unspecified atom stereocenters. The highest BCUT2D eigenvalue weighted by molar-refractivity contribution is 5.99. The third kappa shape index (κ3) is 4.19. The molecule has 3 N–H and O–H groups in total. The monoisotopic (exact) mass is 409 g/mol. The van der Waals surface area contributed by atoms with Gasteiger partial charge in [0.2, 0.25) is 5.91 Å². The van der Waals surface area contributed by atoms with Crippen LogP contribution in [0.4, 0.5) is 11.5 Å². The molecule has 4 aromatic rings. The number of nitrogens with one attached hydrogen (secondary N) is 3. The number of pyridine rings is 2. The summed E-state index contributed by atoms with van der Waals surface area (Å²) in [5.74, 6) is 1.45. The van der Waals surface area contributed by atoms with Gasteiger partial charge in [-0.25, -0.2) is 9.97 Å². The lowest BCUT2D eigenvalue weighted by Gasteiger charge is -2.08. The van der Waals surface area contributed by atoms with E-state index < -0.39 is 0 Å². The van der Waals surface area contributed by atoms with E-state index in [-0.39, 0.29) is 5.91 Å². The first-order valence-corrected chi connectivity index (χ1v) is 10.4. The summed E-state index contributed by atoms with van der Waals surface area (Å²) in [5, 5.41) is 7.29. The first kappa shape index (κ1) is 19.1.